The van der Waals surface area contributed by atoms with E-state index in [-0.39, 0.29) is 94.5 Å². The maximum atomic E-state index is 14.5. The number of carbonyl (C=O) groups excluding carboxylic acids is 1. The normalized spacial score (nSPS) is 24.9. The minimum atomic E-state index is -1.41. The SMILES string of the molecule is C=CCOc1ccc2c(c1)[C@H]1[C@H](CCCCO)[C@@H](CCCCO)C=C3C(=NOCc4ccc([N+](=O)[O-])cc4)C[C@H](N(CCOCCO)C(=O)C4CC4)[C@@](OCC=C)(O2)[C@H]31. The fourth-order valence-corrected chi connectivity index (χ4v) is 9.11. The number of non-ortho nitro benzene ring substituents is 1. The molecule has 0 saturated heterocycles. The lowest BCUT2D eigenvalue weighted by molar-refractivity contribution is -0.384. The topological polar surface area (TPSA) is 183 Å². The average molecular weight is 818 g/mol. The van der Waals surface area contributed by atoms with Gasteiger partial charge in [0.15, 0.2) is 0 Å². The van der Waals surface area contributed by atoms with Gasteiger partial charge in [-0.25, -0.2) is 0 Å². The molecule has 6 atom stereocenters. The van der Waals surface area contributed by atoms with Gasteiger partial charge in [-0.3, -0.25) is 14.9 Å². The molecule has 2 aromatic rings. The van der Waals surface area contributed by atoms with Crippen molar-refractivity contribution < 1.29 is 48.8 Å². The highest BCUT2D eigenvalue weighted by Gasteiger charge is 2.65. The van der Waals surface area contributed by atoms with Gasteiger partial charge in [0.05, 0.1) is 43.0 Å². The first-order valence-electron chi connectivity index (χ1n) is 21.0. The monoisotopic (exact) mass is 817 g/mol. The van der Waals surface area contributed by atoms with E-state index >= 15 is 0 Å². The molecule has 1 heterocycles. The van der Waals surface area contributed by atoms with Gasteiger partial charge in [0, 0.05) is 55.7 Å². The van der Waals surface area contributed by atoms with E-state index in [4.69, 9.17) is 28.9 Å². The number of benzene rings is 2. The molecule has 0 radical (unpaired) electrons. The van der Waals surface area contributed by atoms with Crippen LogP contribution in [0.1, 0.15) is 74.8 Å². The summed E-state index contributed by atoms with van der Waals surface area (Å²) in [6.45, 7) is 8.87. The van der Waals surface area contributed by atoms with Gasteiger partial charge in [-0.15, -0.1) is 6.58 Å². The Morgan fingerprint density at radius 1 is 0.983 bits per heavy atom. The predicted molar refractivity (Wildman–Crippen MR) is 221 cm³/mol. The first kappa shape index (κ1) is 44.0. The number of nitro benzene ring substituents is 1. The molecule has 2 fully saturated rings. The van der Waals surface area contributed by atoms with Gasteiger partial charge in [-0.2, -0.15) is 0 Å². The zero-order chi connectivity index (χ0) is 41.8. The first-order chi connectivity index (χ1) is 28.8. The zero-order valence-electron chi connectivity index (χ0n) is 33.8. The Labute approximate surface area is 346 Å². The number of nitro groups is 1. The standard InChI is InChI=1S/C45H59N3O11/c1-3-23-56-35-17-18-40-38(28-35)42-36(10-6-8-21-50)33(9-5-7-20-49)27-37-39(46-58-30-31-11-15-34(16-12-31)48(53)54)29-41(45(59-40,43(37)42)57-24-4-2)47(19-25-55-26-22-51)44(52)32-13-14-32/h3-4,11-12,15-18,27-28,32-33,36,41-43,49-51H,1-2,5-10,13-14,19-26,29-30H2/t33-,36+,41-,42+,43+,45+/m0/s1. The number of aliphatic hydroxyl groups is 3. The number of aliphatic hydroxyl groups excluding tert-OH is 3. The molecule has 14 nitrogen and oxygen atoms in total. The van der Waals surface area contributed by atoms with Crippen LogP contribution in [-0.2, 0) is 25.7 Å². The largest absolute Gasteiger partial charge is 0.490 e. The quantitative estimate of drug-likeness (QED) is 0.0447. The van der Waals surface area contributed by atoms with E-state index in [9.17, 15) is 30.2 Å². The van der Waals surface area contributed by atoms with Crippen molar-refractivity contribution >= 4 is 17.3 Å². The van der Waals surface area contributed by atoms with Gasteiger partial charge in [0.25, 0.3) is 5.69 Å². The average Bonchev–Trinajstić information content (AvgIpc) is 4.10. The summed E-state index contributed by atoms with van der Waals surface area (Å²) < 4.78 is 26.1. The molecule has 3 N–H and O–H groups in total. The van der Waals surface area contributed by atoms with Crippen molar-refractivity contribution in [3.63, 3.8) is 0 Å². The number of rotatable bonds is 25. The summed E-state index contributed by atoms with van der Waals surface area (Å²) >= 11 is 0. The molecule has 2 saturated carbocycles. The zero-order valence-corrected chi connectivity index (χ0v) is 33.8. The molecular formula is C45H59N3O11. The van der Waals surface area contributed by atoms with E-state index in [1.165, 1.54) is 12.1 Å². The highest BCUT2D eigenvalue weighted by atomic mass is 16.7. The number of ether oxygens (including phenoxy) is 4. The Bertz CT molecular complexity index is 1810. The van der Waals surface area contributed by atoms with E-state index in [1.54, 1.807) is 24.3 Å². The number of hydrogen-bond acceptors (Lipinski definition) is 12. The Morgan fingerprint density at radius 3 is 2.41 bits per heavy atom. The molecule has 4 aliphatic rings. The number of nitrogens with zero attached hydrogens (tertiary/aromatic N) is 3. The summed E-state index contributed by atoms with van der Waals surface area (Å²) in [5.74, 6) is -0.933. The van der Waals surface area contributed by atoms with Crippen LogP contribution >= 0.6 is 0 Å². The lowest BCUT2D eigenvalue weighted by atomic mass is 9.55. The van der Waals surface area contributed by atoms with Gasteiger partial charge < -0.3 is 44.0 Å². The minimum Gasteiger partial charge on any atom is -0.490 e. The molecule has 0 unspecified atom stereocenters. The molecular weight excluding hydrogens is 759 g/mol. The van der Waals surface area contributed by atoms with E-state index in [0.29, 0.717) is 42.2 Å². The number of hydrogen-bond donors (Lipinski definition) is 3. The number of fused-ring (bicyclic) bond motifs is 2. The van der Waals surface area contributed by atoms with Crippen LogP contribution in [0.4, 0.5) is 5.69 Å². The number of amides is 1. The first-order valence-corrected chi connectivity index (χ1v) is 21.0. The molecule has 1 aliphatic heterocycles. The molecule has 0 bridgehead atoms. The Hall–Kier alpha value is -4.60. The van der Waals surface area contributed by atoms with Crippen molar-refractivity contribution in [2.24, 2.45) is 28.8 Å². The maximum Gasteiger partial charge on any atom is 0.269 e. The second-order valence-corrected chi connectivity index (χ2v) is 15.7. The summed E-state index contributed by atoms with van der Waals surface area (Å²) in [6, 6.07) is 11.3. The minimum absolute atomic E-state index is 0.0238. The van der Waals surface area contributed by atoms with Gasteiger partial charge >= 0.3 is 0 Å². The Balaban J connectivity index is 1.54. The molecule has 6 rings (SSSR count). The van der Waals surface area contributed by atoms with E-state index in [0.717, 1.165) is 49.7 Å². The van der Waals surface area contributed by atoms with Crippen molar-refractivity contribution in [3.05, 3.63) is 101 Å². The molecule has 59 heavy (non-hydrogen) atoms. The summed E-state index contributed by atoms with van der Waals surface area (Å²) in [6.07, 6.45) is 11.9. The molecule has 0 spiro atoms. The Morgan fingerprint density at radius 2 is 1.73 bits per heavy atom. The Kier molecular flexibility index (Phi) is 15.7. The van der Waals surface area contributed by atoms with Crippen LogP contribution in [0.5, 0.6) is 11.5 Å². The van der Waals surface area contributed by atoms with Crippen LogP contribution in [0.25, 0.3) is 0 Å². The number of allylic oxidation sites excluding steroid dienone is 1. The third-order valence-electron chi connectivity index (χ3n) is 11.9. The third-order valence-corrected chi connectivity index (χ3v) is 11.9. The van der Waals surface area contributed by atoms with Crippen molar-refractivity contribution in [2.75, 3.05) is 52.8 Å². The van der Waals surface area contributed by atoms with E-state index in [2.05, 4.69) is 19.2 Å². The van der Waals surface area contributed by atoms with Crippen molar-refractivity contribution in [1.29, 1.82) is 0 Å². The highest BCUT2D eigenvalue weighted by molar-refractivity contribution is 6.03. The van der Waals surface area contributed by atoms with Crippen LogP contribution in [-0.4, -0.2) is 101 Å². The number of carbonyl (C=O) groups is 1. The smallest absolute Gasteiger partial charge is 0.269 e. The van der Waals surface area contributed by atoms with Crippen LogP contribution in [0, 0.1) is 33.8 Å². The second-order valence-electron chi connectivity index (χ2n) is 15.7. The van der Waals surface area contributed by atoms with Crippen molar-refractivity contribution in [1.82, 2.24) is 4.90 Å². The summed E-state index contributed by atoms with van der Waals surface area (Å²) in [4.78, 5) is 33.3. The van der Waals surface area contributed by atoms with Gasteiger partial charge in [0.2, 0.25) is 11.7 Å². The lowest BCUT2D eigenvalue weighted by Crippen LogP contribution is -2.70. The van der Waals surface area contributed by atoms with E-state index < -0.39 is 22.7 Å². The number of unbranched alkanes of at least 4 members (excludes halogenated alkanes) is 2. The fraction of sp³-hybridized carbons (Fsp3) is 0.556. The predicted octanol–water partition coefficient (Wildman–Crippen LogP) is 6.24. The van der Waals surface area contributed by atoms with Crippen LogP contribution in [0.15, 0.2) is 84.6 Å². The van der Waals surface area contributed by atoms with Gasteiger partial charge in [0.1, 0.15) is 30.8 Å². The van der Waals surface area contributed by atoms with Gasteiger partial charge in [-0.1, -0.05) is 42.8 Å². The fourth-order valence-electron chi connectivity index (χ4n) is 9.11. The third kappa shape index (κ3) is 10.2. The second kappa shape index (κ2) is 21.1. The van der Waals surface area contributed by atoms with E-state index in [1.807, 2.05) is 23.1 Å². The van der Waals surface area contributed by atoms with Crippen LogP contribution < -0.4 is 9.47 Å². The molecule has 1 amide bonds. The van der Waals surface area contributed by atoms with Crippen molar-refractivity contribution in [3.8, 4) is 11.5 Å². The lowest BCUT2D eigenvalue weighted by Gasteiger charge is -2.60. The summed E-state index contributed by atoms with van der Waals surface area (Å²) in [5.41, 5.74) is 3.15. The van der Waals surface area contributed by atoms with Crippen LogP contribution in [0.2, 0.25) is 0 Å². The molecule has 2 aromatic carbocycles. The summed E-state index contributed by atoms with van der Waals surface area (Å²) in [5, 5.41) is 45.4. The highest BCUT2D eigenvalue weighted by Crippen LogP contribution is 2.62. The summed E-state index contributed by atoms with van der Waals surface area (Å²) in [7, 11) is 0. The maximum absolute atomic E-state index is 14.5. The van der Waals surface area contributed by atoms with Crippen LogP contribution in [0.3, 0.4) is 0 Å². The van der Waals surface area contributed by atoms with Crippen molar-refractivity contribution in [2.45, 2.75) is 82.1 Å². The molecule has 3 aliphatic carbocycles. The molecule has 14 heteroatoms. The molecule has 0 aromatic heterocycles. The molecule has 320 valence electrons. The van der Waals surface area contributed by atoms with Gasteiger partial charge in [-0.05, 0) is 91.8 Å². The number of oxime groups is 1.